The van der Waals surface area contributed by atoms with E-state index in [1.54, 1.807) is 14.2 Å². The molecular formula is C14H30O2. The molecular weight excluding hydrogens is 200 g/mol. The average Bonchev–Trinajstić information content (AvgIpc) is 2.26. The largest absolute Gasteiger partial charge is 0.384 e. The first-order valence-electron chi connectivity index (χ1n) is 6.54. The molecule has 0 aromatic carbocycles. The van der Waals surface area contributed by atoms with E-state index in [9.17, 15) is 0 Å². The second kappa shape index (κ2) is 8.08. The number of hydrogen-bond donors (Lipinski definition) is 0. The molecule has 0 heterocycles. The summed E-state index contributed by atoms with van der Waals surface area (Å²) >= 11 is 0. The van der Waals surface area contributed by atoms with E-state index in [0.29, 0.717) is 5.92 Å². The molecule has 0 aliphatic carbocycles. The number of hydrogen-bond acceptors (Lipinski definition) is 2. The molecule has 16 heavy (non-hydrogen) atoms. The highest BCUT2D eigenvalue weighted by atomic mass is 16.5. The third-order valence-electron chi connectivity index (χ3n) is 3.94. The van der Waals surface area contributed by atoms with Crippen LogP contribution in [-0.2, 0) is 9.47 Å². The molecule has 2 heteroatoms. The standard InChI is InChI=1S/C14H30O2/c1-7-13(8-2)9-14(10-15-5,11-16-6)12(3)4/h12-13H,7-11H2,1-6H3. The Morgan fingerprint density at radius 2 is 1.38 bits per heavy atom. The molecule has 2 nitrogen and oxygen atoms in total. The van der Waals surface area contributed by atoms with Gasteiger partial charge in [0.1, 0.15) is 0 Å². The third-order valence-corrected chi connectivity index (χ3v) is 3.94. The number of rotatable bonds is 9. The molecule has 0 aliphatic heterocycles. The molecule has 0 bridgehead atoms. The van der Waals surface area contributed by atoms with Crippen LogP contribution in [0.2, 0.25) is 0 Å². The zero-order valence-corrected chi connectivity index (χ0v) is 12.0. The maximum absolute atomic E-state index is 5.43. The smallest absolute Gasteiger partial charge is 0.0543 e. The van der Waals surface area contributed by atoms with Crippen LogP contribution in [0.25, 0.3) is 0 Å². The minimum absolute atomic E-state index is 0.181. The summed E-state index contributed by atoms with van der Waals surface area (Å²) in [6.07, 6.45) is 3.70. The first kappa shape index (κ1) is 15.9. The normalized spacial score (nSPS) is 12.8. The summed E-state index contributed by atoms with van der Waals surface area (Å²) < 4.78 is 10.9. The highest BCUT2D eigenvalue weighted by Gasteiger charge is 2.35. The molecule has 0 saturated heterocycles. The molecule has 0 radical (unpaired) electrons. The molecule has 0 saturated carbocycles. The molecule has 0 N–H and O–H groups in total. The fourth-order valence-corrected chi connectivity index (χ4v) is 2.46. The first-order valence-corrected chi connectivity index (χ1v) is 6.54. The Labute approximate surface area is 102 Å². The van der Waals surface area contributed by atoms with Crippen molar-refractivity contribution in [1.82, 2.24) is 0 Å². The van der Waals surface area contributed by atoms with Crippen molar-refractivity contribution in [2.45, 2.75) is 47.0 Å². The maximum atomic E-state index is 5.43. The summed E-state index contributed by atoms with van der Waals surface area (Å²) in [5.74, 6) is 1.38. The molecule has 0 aliphatic rings. The lowest BCUT2D eigenvalue weighted by atomic mass is 9.71. The van der Waals surface area contributed by atoms with Crippen molar-refractivity contribution in [3.8, 4) is 0 Å². The number of ether oxygens (including phenoxy) is 2. The molecule has 0 aromatic rings. The summed E-state index contributed by atoms with van der Waals surface area (Å²) in [5, 5.41) is 0. The van der Waals surface area contributed by atoms with E-state index in [2.05, 4.69) is 27.7 Å². The van der Waals surface area contributed by atoms with E-state index >= 15 is 0 Å². The van der Waals surface area contributed by atoms with Gasteiger partial charge in [0.2, 0.25) is 0 Å². The minimum Gasteiger partial charge on any atom is -0.384 e. The second-order valence-electron chi connectivity index (χ2n) is 5.27. The maximum Gasteiger partial charge on any atom is 0.0543 e. The predicted molar refractivity (Wildman–Crippen MR) is 69.7 cm³/mol. The van der Waals surface area contributed by atoms with Gasteiger partial charge in [-0.3, -0.25) is 0 Å². The second-order valence-corrected chi connectivity index (χ2v) is 5.27. The topological polar surface area (TPSA) is 18.5 Å². The quantitative estimate of drug-likeness (QED) is 0.600. The van der Waals surface area contributed by atoms with Gasteiger partial charge in [0.15, 0.2) is 0 Å². The van der Waals surface area contributed by atoms with Crippen LogP contribution >= 0.6 is 0 Å². The van der Waals surface area contributed by atoms with Crippen LogP contribution in [0.4, 0.5) is 0 Å². The van der Waals surface area contributed by atoms with Crippen LogP contribution < -0.4 is 0 Å². The highest BCUT2D eigenvalue weighted by Crippen LogP contribution is 2.37. The molecule has 0 unspecified atom stereocenters. The van der Waals surface area contributed by atoms with Crippen molar-refractivity contribution in [2.24, 2.45) is 17.3 Å². The molecule has 98 valence electrons. The van der Waals surface area contributed by atoms with Gasteiger partial charge in [-0.1, -0.05) is 40.5 Å². The fourth-order valence-electron chi connectivity index (χ4n) is 2.46. The van der Waals surface area contributed by atoms with Crippen LogP contribution in [0, 0.1) is 17.3 Å². The molecule has 0 spiro atoms. The lowest BCUT2D eigenvalue weighted by molar-refractivity contribution is -0.0369. The SMILES string of the molecule is CCC(CC)CC(COC)(COC)C(C)C. The van der Waals surface area contributed by atoms with E-state index in [1.807, 2.05) is 0 Å². The van der Waals surface area contributed by atoms with Gasteiger partial charge >= 0.3 is 0 Å². The Bertz CT molecular complexity index is 156. The van der Waals surface area contributed by atoms with Crippen molar-refractivity contribution in [3.63, 3.8) is 0 Å². The third kappa shape index (κ3) is 4.42. The van der Waals surface area contributed by atoms with Gasteiger partial charge in [-0.15, -0.1) is 0 Å². The van der Waals surface area contributed by atoms with Crippen LogP contribution in [0.1, 0.15) is 47.0 Å². The van der Waals surface area contributed by atoms with Crippen LogP contribution in [0.15, 0.2) is 0 Å². The van der Waals surface area contributed by atoms with E-state index in [1.165, 1.54) is 19.3 Å². The van der Waals surface area contributed by atoms with Gasteiger partial charge in [0.25, 0.3) is 0 Å². The highest BCUT2D eigenvalue weighted by molar-refractivity contribution is 4.84. The molecule has 0 rings (SSSR count). The minimum atomic E-state index is 0.181. The Morgan fingerprint density at radius 3 is 1.62 bits per heavy atom. The predicted octanol–water partition coefficient (Wildman–Crippen LogP) is 3.75. The van der Waals surface area contributed by atoms with E-state index < -0.39 is 0 Å². The van der Waals surface area contributed by atoms with Crippen LogP contribution in [0.5, 0.6) is 0 Å². The first-order chi connectivity index (χ1) is 7.56. The van der Waals surface area contributed by atoms with Gasteiger partial charge < -0.3 is 9.47 Å². The molecule has 0 amide bonds. The van der Waals surface area contributed by atoms with Gasteiger partial charge in [-0.25, -0.2) is 0 Å². The molecule has 0 aromatic heterocycles. The Kier molecular flexibility index (Phi) is 8.04. The van der Waals surface area contributed by atoms with Crippen LogP contribution in [-0.4, -0.2) is 27.4 Å². The molecule has 0 atom stereocenters. The van der Waals surface area contributed by atoms with E-state index in [-0.39, 0.29) is 5.41 Å². The Morgan fingerprint density at radius 1 is 0.938 bits per heavy atom. The summed E-state index contributed by atoms with van der Waals surface area (Å²) in [5.41, 5.74) is 0.181. The van der Waals surface area contributed by atoms with Crippen LogP contribution in [0.3, 0.4) is 0 Å². The van der Waals surface area contributed by atoms with Gasteiger partial charge in [0, 0.05) is 19.6 Å². The average molecular weight is 230 g/mol. The van der Waals surface area contributed by atoms with Crippen molar-refractivity contribution in [1.29, 1.82) is 0 Å². The van der Waals surface area contributed by atoms with Gasteiger partial charge in [-0.05, 0) is 18.3 Å². The summed E-state index contributed by atoms with van der Waals surface area (Å²) in [6.45, 7) is 10.7. The zero-order valence-electron chi connectivity index (χ0n) is 12.0. The van der Waals surface area contributed by atoms with E-state index in [4.69, 9.17) is 9.47 Å². The Hall–Kier alpha value is -0.0800. The van der Waals surface area contributed by atoms with Crippen molar-refractivity contribution >= 4 is 0 Å². The summed E-state index contributed by atoms with van der Waals surface area (Å²) in [6, 6.07) is 0. The zero-order chi connectivity index (χ0) is 12.6. The number of methoxy groups -OCH3 is 2. The molecule has 0 fully saturated rings. The lowest BCUT2D eigenvalue weighted by Gasteiger charge is -2.39. The fraction of sp³-hybridized carbons (Fsp3) is 1.00. The monoisotopic (exact) mass is 230 g/mol. The summed E-state index contributed by atoms with van der Waals surface area (Å²) in [7, 11) is 3.58. The van der Waals surface area contributed by atoms with Crippen molar-refractivity contribution in [2.75, 3.05) is 27.4 Å². The van der Waals surface area contributed by atoms with E-state index in [0.717, 1.165) is 19.1 Å². The summed E-state index contributed by atoms with van der Waals surface area (Å²) in [4.78, 5) is 0. The van der Waals surface area contributed by atoms with Crippen molar-refractivity contribution in [3.05, 3.63) is 0 Å². The Balaban J connectivity index is 4.71. The van der Waals surface area contributed by atoms with Gasteiger partial charge in [-0.2, -0.15) is 0 Å². The lowest BCUT2D eigenvalue weighted by Crippen LogP contribution is -2.38. The van der Waals surface area contributed by atoms with Gasteiger partial charge in [0.05, 0.1) is 13.2 Å². The van der Waals surface area contributed by atoms with Crippen molar-refractivity contribution < 1.29 is 9.47 Å².